The van der Waals surface area contributed by atoms with Crippen molar-refractivity contribution >= 4 is 9.84 Å². The van der Waals surface area contributed by atoms with Gasteiger partial charge in [-0.15, -0.1) is 0 Å². The number of hydrogen-bond donors (Lipinski definition) is 0. The number of rotatable bonds is 9. The lowest BCUT2D eigenvalue weighted by molar-refractivity contribution is 0.0684. The summed E-state index contributed by atoms with van der Waals surface area (Å²) in [6.45, 7) is 3.01. The van der Waals surface area contributed by atoms with E-state index in [-0.39, 0.29) is 11.9 Å². The molecule has 1 aromatic carbocycles. The number of furan rings is 1. The fourth-order valence-electron chi connectivity index (χ4n) is 3.16. The summed E-state index contributed by atoms with van der Waals surface area (Å²) in [5.74, 6) is 1.04. The number of benzene rings is 1. The minimum atomic E-state index is -3.23. The van der Waals surface area contributed by atoms with Crippen LogP contribution in [0.4, 0.5) is 0 Å². The molecule has 1 fully saturated rings. The van der Waals surface area contributed by atoms with Crippen molar-refractivity contribution in [3.05, 3.63) is 54.5 Å². The van der Waals surface area contributed by atoms with Crippen LogP contribution in [0.3, 0.4) is 0 Å². The van der Waals surface area contributed by atoms with E-state index in [9.17, 15) is 8.42 Å². The molecule has 25 heavy (non-hydrogen) atoms. The van der Waals surface area contributed by atoms with Gasteiger partial charge in [0.25, 0.3) is 0 Å². The van der Waals surface area contributed by atoms with Gasteiger partial charge in [-0.05, 0) is 50.1 Å². The Balaban J connectivity index is 1.56. The fraction of sp³-hybridized carbons (Fsp3) is 0.474. The van der Waals surface area contributed by atoms with Crippen LogP contribution >= 0.6 is 0 Å². The van der Waals surface area contributed by atoms with Gasteiger partial charge in [0.1, 0.15) is 5.76 Å². The van der Waals surface area contributed by atoms with Crippen molar-refractivity contribution in [1.82, 2.24) is 4.90 Å². The molecule has 1 saturated heterocycles. The highest BCUT2D eigenvalue weighted by atomic mass is 32.2. The summed E-state index contributed by atoms with van der Waals surface area (Å²) in [6, 6.07) is 12.5. The lowest BCUT2D eigenvalue weighted by atomic mass is 10.2. The first-order valence-electron chi connectivity index (χ1n) is 8.78. The molecule has 0 spiro atoms. The van der Waals surface area contributed by atoms with Gasteiger partial charge >= 0.3 is 0 Å². The molecule has 3 rings (SSSR count). The van der Waals surface area contributed by atoms with Gasteiger partial charge < -0.3 is 9.15 Å². The first kappa shape index (κ1) is 18.2. The largest absolute Gasteiger partial charge is 0.468 e. The summed E-state index contributed by atoms with van der Waals surface area (Å²) >= 11 is 0. The summed E-state index contributed by atoms with van der Waals surface area (Å²) in [5.41, 5.74) is 0. The highest BCUT2D eigenvalue weighted by Gasteiger charge is 2.21. The van der Waals surface area contributed by atoms with Gasteiger partial charge in [0, 0.05) is 13.2 Å². The van der Waals surface area contributed by atoms with Crippen LogP contribution < -0.4 is 0 Å². The van der Waals surface area contributed by atoms with Crippen LogP contribution in [0.25, 0.3) is 0 Å². The van der Waals surface area contributed by atoms with Crippen LogP contribution in [0.5, 0.6) is 0 Å². The van der Waals surface area contributed by atoms with Gasteiger partial charge in [-0.2, -0.15) is 0 Å². The Hall–Kier alpha value is -1.63. The minimum Gasteiger partial charge on any atom is -0.468 e. The second-order valence-electron chi connectivity index (χ2n) is 6.43. The average molecular weight is 363 g/mol. The summed E-state index contributed by atoms with van der Waals surface area (Å²) < 4.78 is 36.0. The maximum absolute atomic E-state index is 12.4. The molecular weight excluding hydrogens is 338 g/mol. The smallest absolute Gasteiger partial charge is 0.178 e. The summed E-state index contributed by atoms with van der Waals surface area (Å²) in [5, 5.41) is 0. The zero-order valence-electron chi connectivity index (χ0n) is 14.3. The highest BCUT2D eigenvalue weighted by Crippen LogP contribution is 2.17. The first-order chi connectivity index (χ1) is 12.1. The Bertz CT molecular complexity index is 722. The number of sulfone groups is 1. The van der Waals surface area contributed by atoms with E-state index in [0.29, 0.717) is 24.4 Å². The van der Waals surface area contributed by atoms with Crippen molar-refractivity contribution in [2.75, 3.05) is 25.4 Å². The Morgan fingerprint density at radius 2 is 1.96 bits per heavy atom. The van der Waals surface area contributed by atoms with E-state index in [4.69, 9.17) is 9.15 Å². The van der Waals surface area contributed by atoms with Gasteiger partial charge in [0.05, 0.1) is 29.6 Å². The molecule has 1 aromatic heterocycles. The van der Waals surface area contributed by atoms with Crippen LogP contribution in [0.2, 0.25) is 0 Å². The lowest BCUT2D eigenvalue weighted by Gasteiger charge is -2.24. The molecule has 136 valence electrons. The monoisotopic (exact) mass is 363 g/mol. The fourth-order valence-corrected chi connectivity index (χ4v) is 4.47. The van der Waals surface area contributed by atoms with Crippen LogP contribution in [-0.4, -0.2) is 44.9 Å². The Labute approximate surface area is 149 Å². The van der Waals surface area contributed by atoms with E-state index < -0.39 is 9.84 Å². The van der Waals surface area contributed by atoms with Gasteiger partial charge in [-0.1, -0.05) is 18.2 Å². The van der Waals surface area contributed by atoms with Crippen molar-refractivity contribution in [3.8, 4) is 0 Å². The molecule has 0 radical (unpaired) electrons. The molecule has 0 saturated carbocycles. The van der Waals surface area contributed by atoms with Gasteiger partial charge in [0.2, 0.25) is 0 Å². The average Bonchev–Trinajstić information content (AvgIpc) is 3.29. The molecule has 0 amide bonds. The van der Waals surface area contributed by atoms with E-state index in [1.807, 2.05) is 18.2 Å². The van der Waals surface area contributed by atoms with Crippen molar-refractivity contribution in [2.24, 2.45) is 0 Å². The van der Waals surface area contributed by atoms with Crippen molar-refractivity contribution in [2.45, 2.75) is 36.8 Å². The molecule has 1 atom stereocenters. The molecule has 2 aromatic rings. The molecule has 1 aliphatic rings. The predicted octanol–water partition coefficient (Wildman–Crippen LogP) is 3.12. The molecule has 0 bridgehead atoms. The predicted molar refractivity (Wildman–Crippen MR) is 96.1 cm³/mol. The number of hydrogen-bond acceptors (Lipinski definition) is 5. The zero-order chi connectivity index (χ0) is 17.5. The molecule has 1 unspecified atom stereocenters. The SMILES string of the molecule is O=S(=O)(CCCN(Cc1ccco1)CC1CCCO1)c1ccccc1. The standard InChI is InChI=1S/C19H25NO4S/c21-25(22,19-9-2-1-3-10-19)14-6-11-20(15-17-7-4-12-23-17)16-18-8-5-13-24-18/h1-4,7,9-10,12,18H,5-6,8,11,13-16H2. The second kappa shape index (κ2) is 8.65. The Morgan fingerprint density at radius 3 is 2.64 bits per heavy atom. The van der Waals surface area contributed by atoms with E-state index in [1.54, 1.807) is 30.5 Å². The summed E-state index contributed by atoms with van der Waals surface area (Å²) in [7, 11) is -3.23. The highest BCUT2D eigenvalue weighted by molar-refractivity contribution is 7.91. The van der Waals surface area contributed by atoms with Gasteiger partial charge in [0.15, 0.2) is 9.84 Å². The van der Waals surface area contributed by atoms with Crippen molar-refractivity contribution in [1.29, 1.82) is 0 Å². The van der Waals surface area contributed by atoms with Crippen LogP contribution in [0.15, 0.2) is 58.0 Å². The first-order valence-corrected chi connectivity index (χ1v) is 10.4. The minimum absolute atomic E-state index is 0.150. The maximum Gasteiger partial charge on any atom is 0.178 e. The van der Waals surface area contributed by atoms with Gasteiger partial charge in [-0.3, -0.25) is 4.90 Å². The Morgan fingerprint density at radius 1 is 1.12 bits per heavy atom. The molecule has 1 aliphatic heterocycles. The molecule has 6 heteroatoms. The van der Waals surface area contributed by atoms with Crippen LogP contribution in [0, 0.1) is 0 Å². The van der Waals surface area contributed by atoms with E-state index in [0.717, 1.165) is 31.8 Å². The number of ether oxygens (including phenoxy) is 1. The van der Waals surface area contributed by atoms with E-state index >= 15 is 0 Å². The topological polar surface area (TPSA) is 59.8 Å². The summed E-state index contributed by atoms with van der Waals surface area (Å²) in [6.07, 6.45) is 4.66. The lowest BCUT2D eigenvalue weighted by Crippen LogP contribution is -2.33. The second-order valence-corrected chi connectivity index (χ2v) is 8.54. The third-order valence-electron chi connectivity index (χ3n) is 4.44. The number of nitrogens with zero attached hydrogens (tertiary/aromatic N) is 1. The normalized spacial score (nSPS) is 18.0. The molecule has 0 aliphatic carbocycles. The summed E-state index contributed by atoms with van der Waals surface area (Å²) in [4.78, 5) is 2.63. The maximum atomic E-state index is 12.4. The molecule has 5 nitrogen and oxygen atoms in total. The van der Waals surface area contributed by atoms with E-state index in [1.165, 1.54) is 0 Å². The molecular formula is C19H25NO4S. The van der Waals surface area contributed by atoms with Crippen LogP contribution in [-0.2, 0) is 21.1 Å². The zero-order valence-corrected chi connectivity index (χ0v) is 15.2. The van der Waals surface area contributed by atoms with Crippen molar-refractivity contribution < 1.29 is 17.6 Å². The Kier molecular flexibility index (Phi) is 6.29. The molecule has 2 heterocycles. The molecule has 0 N–H and O–H groups in total. The third-order valence-corrected chi connectivity index (χ3v) is 6.25. The van der Waals surface area contributed by atoms with Crippen molar-refractivity contribution in [3.63, 3.8) is 0 Å². The van der Waals surface area contributed by atoms with E-state index in [2.05, 4.69) is 4.90 Å². The van der Waals surface area contributed by atoms with Gasteiger partial charge in [-0.25, -0.2) is 8.42 Å². The van der Waals surface area contributed by atoms with Crippen LogP contribution in [0.1, 0.15) is 25.0 Å². The third kappa shape index (κ3) is 5.42. The quantitative estimate of drug-likeness (QED) is 0.685.